The number of benzene rings is 2. The van der Waals surface area contributed by atoms with Gasteiger partial charge in [-0.15, -0.1) is 0 Å². The van der Waals surface area contributed by atoms with Crippen LogP contribution >= 0.6 is 15.9 Å². The fourth-order valence-corrected chi connectivity index (χ4v) is 2.28. The van der Waals surface area contributed by atoms with Crippen LogP contribution in [-0.2, 0) is 6.54 Å². The molecule has 3 nitrogen and oxygen atoms in total. The Kier molecular flexibility index (Phi) is 6.02. The Balaban J connectivity index is 1.76. The van der Waals surface area contributed by atoms with Crippen LogP contribution in [0.15, 0.2) is 46.9 Å². The van der Waals surface area contributed by atoms with Gasteiger partial charge in [-0.25, -0.2) is 4.39 Å². The minimum absolute atomic E-state index is 0.299. The first-order chi connectivity index (χ1) is 10.2. The molecular weight excluding hydrogens is 337 g/mol. The number of halogens is 2. The van der Waals surface area contributed by atoms with Crippen molar-refractivity contribution < 1.29 is 13.9 Å². The molecule has 1 N–H and O–H groups in total. The van der Waals surface area contributed by atoms with E-state index in [4.69, 9.17) is 9.47 Å². The van der Waals surface area contributed by atoms with Crippen LogP contribution in [0.3, 0.4) is 0 Å². The van der Waals surface area contributed by atoms with Gasteiger partial charge in [0.05, 0.1) is 4.47 Å². The number of hydrogen-bond acceptors (Lipinski definition) is 3. The molecule has 0 bridgehead atoms. The van der Waals surface area contributed by atoms with E-state index in [1.165, 1.54) is 17.7 Å². The highest BCUT2D eigenvalue weighted by atomic mass is 79.9. The van der Waals surface area contributed by atoms with Crippen molar-refractivity contribution >= 4 is 15.9 Å². The lowest BCUT2D eigenvalue weighted by molar-refractivity contribution is 0.216. The Morgan fingerprint density at radius 1 is 1.05 bits per heavy atom. The van der Waals surface area contributed by atoms with Crippen molar-refractivity contribution in [1.29, 1.82) is 0 Å². The van der Waals surface area contributed by atoms with Crippen molar-refractivity contribution in [2.45, 2.75) is 6.54 Å². The summed E-state index contributed by atoms with van der Waals surface area (Å²) in [6.07, 6.45) is 0. The maximum absolute atomic E-state index is 12.9. The highest BCUT2D eigenvalue weighted by Gasteiger charge is 2.02. The van der Waals surface area contributed by atoms with Gasteiger partial charge in [-0.2, -0.15) is 0 Å². The first-order valence-corrected chi connectivity index (χ1v) is 7.42. The summed E-state index contributed by atoms with van der Waals surface area (Å²) in [5.41, 5.74) is 1.20. The van der Waals surface area contributed by atoms with E-state index in [9.17, 15) is 4.39 Å². The summed E-state index contributed by atoms with van der Waals surface area (Å²) in [4.78, 5) is 0. The average molecular weight is 354 g/mol. The molecule has 0 saturated carbocycles. The van der Waals surface area contributed by atoms with E-state index < -0.39 is 0 Å². The zero-order valence-electron chi connectivity index (χ0n) is 11.7. The molecule has 0 aliphatic rings. The minimum Gasteiger partial charge on any atom is -0.490 e. The normalized spacial score (nSPS) is 10.4. The van der Waals surface area contributed by atoms with Crippen molar-refractivity contribution in [1.82, 2.24) is 5.32 Å². The molecular formula is C16H17BrFNO2. The Morgan fingerprint density at radius 3 is 2.43 bits per heavy atom. The Labute approximate surface area is 132 Å². The van der Waals surface area contributed by atoms with Crippen LogP contribution in [0, 0.1) is 5.82 Å². The minimum atomic E-state index is -0.299. The number of hydrogen-bond donors (Lipinski definition) is 1. The molecule has 0 heterocycles. The van der Waals surface area contributed by atoms with E-state index in [1.807, 2.05) is 31.3 Å². The van der Waals surface area contributed by atoms with E-state index in [0.29, 0.717) is 23.4 Å². The second-order valence-electron chi connectivity index (χ2n) is 4.45. The predicted octanol–water partition coefficient (Wildman–Crippen LogP) is 3.77. The zero-order chi connectivity index (χ0) is 15.1. The lowest BCUT2D eigenvalue weighted by Gasteiger charge is -2.10. The Hall–Kier alpha value is -1.59. The summed E-state index contributed by atoms with van der Waals surface area (Å²) >= 11 is 3.26. The summed E-state index contributed by atoms with van der Waals surface area (Å²) < 4.78 is 24.6. The predicted molar refractivity (Wildman–Crippen MR) is 84.3 cm³/mol. The molecule has 0 unspecified atom stereocenters. The van der Waals surface area contributed by atoms with Crippen molar-refractivity contribution in [3.63, 3.8) is 0 Å². The van der Waals surface area contributed by atoms with Gasteiger partial charge in [0.25, 0.3) is 0 Å². The smallest absolute Gasteiger partial charge is 0.133 e. The van der Waals surface area contributed by atoms with Gasteiger partial charge in [0.2, 0.25) is 0 Å². The van der Waals surface area contributed by atoms with E-state index in [-0.39, 0.29) is 5.82 Å². The largest absolute Gasteiger partial charge is 0.490 e. The molecule has 0 amide bonds. The van der Waals surface area contributed by atoms with E-state index in [1.54, 1.807) is 6.07 Å². The number of ether oxygens (including phenoxy) is 2. The van der Waals surface area contributed by atoms with E-state index >= 15 is 0 Å². The van der Waals surface area contributed by atoms with Crippen molar-refractivity contribution in [2.24, 2.45) is 0 Å². The molecule has 0 saturated heterocycles. The van der Waals surface area contributed by atoms with E-state index in [0.717, 1.165) is 12.3 Å². The second-order valence-corrected chi connectivity index (χ2v) is 5.30. The fraction of sp³-hybridized carbons (Fsp3) is 0.250. The molecule has 0 spiro atoms. The van der Waals surface area contributed by atoms with Crippen LogP contribution in [0.2, 0.25) is 0 Å². The van der Waals surface area contributed by atoms with Crippen molar-refractivity contribution in [3.8, 4) is 11.5 Å². The third kappa shape index (κ3) is 5.02. The third-order valence-electron chi connectivity index (χ3n) is 2.81. The quantitative estimate of drug-likeness (QED) is 0.768. The molecule has 0 aliphatic carbocycles. The second kappa shape index (κ2) is 8.00. The SMILES string of the molecule is CNCc1ccc(OCCOc2ccc(F)cc2Br)cc1. The van der Waals surface area contributed by atoms with Gasteiger partial charge in [0.1, 0.15) is 30.5 Å². The highest BCUT2D eigenvalue weighted by molar-refractivity contribution is 9.10. The molecule has 0 fully saturated rings. The molecule has 2 aromatic rings. The Morgan fingerprint density at radius 2 is 1.76 bits per heavy atom. The van der Waals surface area contributed by atoms with E-state index in [2.05, 4.69) is 21.2 Å². The van der Waals surface area contributed by atoms with Gasteiger partial charge in [0, 0.05) is 6.54 Å². The molecule has 0 aromatic heterocycles. The van der Waals surface area contributed by atoms with Crippen LogP contribution in [0.25, 0.3) is 0 Å². The molecule has 21 heavy (non-hydrogen) atoms. The van der Waals surface area contributed by atoms with Gasteiger partial charge in [-0.1, -0.05) is 12.1 Å². The zero-order valence-corrected chi connectivity index (χ0v) is 13.3. The first kappa shape index (κ1) is 15.8. The van der Waals surface area contributed by atoms with Crippen LogP contribution in [-0.4, -0.2) is 20.3 Å². The lowest BCUT2D eigenvalue weighted by atomic mass is 10.2. The third-order valence-corrected chi connectivity index (χ3v) is 3.43. The Bertz CT molecular complexity index is 575. The van der Waals surface area contributed by atoms with Crippen LogP contribution < -0.4 is 14.8 Å². The summed E-state index contributed by atoms with van der Waals surface area (Å²) in [6.45, 7) is 1.65. The number of rotatable bonds is 7. The lowest BCUT2D eigenvalue weighted by Crippen LogP contribution is -2.09. The topological polar surface area (TPSA) is 30.5 Å². The number of nitrogens with one attached hydrogen (secondary N) is 1. The van der Waals surface area contributed by atoms with Crippen molar-refractivity contribution in [2.75, 3.05) is 20.3 Å². The van der Waals surface area contributed by atoms with Gasteiger partial charge < -0.3 is 14.8 Å². The maximum Gasteiger partial charge on any atom is 0.133 e. The van der Waals surface area contributed by atoms with Gasteiger partial charge in [0.15, 0.2) is 0 Å². The summed E-state index contributed by atoms with van der Waals surface area (Å²) in [7, 11) is 1.91. The van der Waals surface area contributed by atoms with Crippen LogP contribution in [0.4, 0.5) is 4.39 Å². The maximum atomic E-state index is 12.9. The standard InChI is InChI=1S/C16H17BrFNO2/c1-19-11-12-2-5-14(6-3-12)20-8-9-21-16-7-4-13(18)10-15(16)17/h2-7,10,19H,8-9,11H2,1H3. The monoisotopic (exact) mass is 353 g/mol. The molecule has 0 atom stereocenters. The van der Waals surface area contributed by atoms with Crippen LogP contribution in [0.1, 0.15) is 5.56 Å². The van der Waals surface area contributed by atoms with Gasteiger partial charge in [-0.05, 0) is 58.9 Å². The average Bonchev–Trinajstić information content (AvgIpc) is 2.47. The van der Waals surface area contributed by atoms with Gasteiger partial charge in [-0.3, -0.25) is 0 Å². The summed E-state index contributed by atoms with van der Waals surface area (Å²) in [5.74, 6) is 1.10. The first-order valence-electron chi connectivity index (χ1n) is 6.63. The van der Waals surface area contributed by atoms with Crippen LogP contribution in [0.5, 0.6) is 11.5 Å². The molecule has 5 heteroatoms. The highest BCUT2D eigenvalue weighted by Crippen LogP contribution is 2.25. The molecule has 0 aliphatic heterocycles. The molecule has 2 rings (SSSR count). The fourth-order valence-electron chi connectivity index (χ4n) is 1.81. The molecule has 112 valence electrons. The van der Waals surface area contributed by atoms with Gasteiger partial charge >= 0.3 is 0 Å². The summed E-state index contributed by atoms with van der Waals surface area (Å²) in [6, 6.07) is 12.2. The molecule has 0 radical (unpaired) electrons. The molecule has 2 aromatic carbocycles. The van der Waals surface area contributed by atoms with Crippen molar-refractivity contribution in [3.05, 3.63) is 58.3 Å². The summed E-state index contributed by atoms with van der Waals surface area (Å²) in [5, 5.41) is 3.09.